The molecule has 8 aromatic carbocycles. The first kappa shape index (κ1) is 34.7. The molecule has 2 aromatic heterocycles. The lowest BCUT2D eigenvalue weighted by atomic mass is 9.90. The Labute approximate surface area is 337 Å². The van der Waals surface area contributed by atoms with Gasteiger partial charge in [-0.1, -0.05) is 194 Å². The Morgan fingerprint density at radius 1 is 0.207 bits per heavy atom. The standard InChI is InChI=1S/C54H36N4/c1-5-17-37(18-6-1)49-35-51(57-53(55-49)39-21-9-3-10-22-39)43-27-15-25-41(33-43)45-31-32-46(48-30-14-13-29-47(45)48)42-26-16-28-44(34-42)52-36-50(38-19-7-2-8-20-38)56-54(58-52)40-23-11-4-12-24-40/h1-36H. The molecule has 2 heterocycles. The third kappa shape index (κ3) is 6.95. The van der Waals surface area contributed by atoms with E-state index in [1.807, 2.05) is 72.8 Å². The average molecular weight is 741 g/mol. The fourth-order valence-corrected chi connectivity index (χ4v) is 7.63. The van der Waals surface area contributed by atoms with Gasteiger partial charge in [0.25, 0.3) is 0 Å². The maximum atomic E-state index is 5.11. The summed E-state index contributed by atoms with van der Waals surface area (Å²) in [4.78, 5) is 20.2. The third-order valence-electron chi connectivity index (χ3n) is 10.5. The van der Waals surface area contributed by atoms with Crippen molar-refractivity contribution in [3.8, 4) is 90.1 Å². The van der Waals surface area contributed by atoms with Crippen molar-refractivity contribution in [1.29, 1.82) is 0 Å². The number of aromatic nitrogens is 4. The van der Waals surface area contributed by atoms with Crippen molar-refractivity contribution in [2.75, 3.05) is 0 Å². The molecule has 0 aliphatic rings. The van der Waals surface area contributed by atoms with Gasteiger partial charge in [0, 0.05) is 33.4 Å². The number of hydrogen-bond acceptors (Lipinski definition) is 4. The molecule has 10 rings (SSSR count). The Morgan fingerprint density at radius 3 is 0.879 bits per heavy atom. The molecular formula is C54H36N4. The molecule has 4 heteroatoms. The second-order valence-corrected chi connectivity index (χ2v) is 14.3. The van der Waals surface area contributed by atoms with Gasteiger partial charge in [0.15, 0.2) is 11.6 Å². The van der Waals surface area contributed by atoms with E-state index in [1.165, 1.54) is 10.8 Å². The van der Waals surface area contributed by atoms with Crippen LogP contribution in [0, 0.1) is 0 Å². The normalized spacial score (nSPS) is 11.1. The molecule has 0 amide bonds. The lowest BCUT2D eigenvalue weighted by molar-refractivity contribution is 1.18. The van der Waals surface area contributed by atoms with Crippen molar-refractivity contribution in [2.24, 2.45) is 0 Å². The minimum Gasteiger partial charge on any atom is -0.228 e. The molecule has 4 nitrogen and oxygen atoms in total. The van der Waals surface area contributed by atoms with Gasteiger partial charge in [0.2, 0.25) is 0 Å². The molecule has 0 fully saturated rings. The minimum absolute atomic E-state index is 0.703. The molecule has 272 valence electrons. The van der Waals surface area contributed by atoms with Crippen LogP contribution in [0.4, 0.5) is 0 Å². The molecule has 0 saturated heterocycles. The van der Waals surface area contributed by atoms with Crippen molar-refractivity contribution < 1.29 is 0 Å². The highest BCUT2D eigenvalue weighted by atomic mass is 14.9. The fourth-order valence-electron chi connectivity index (χ4n) is 7.63. The first-order valence-corrected chi connectivity index (χ1v) is 19.5. The predicted molar refractivity (Wildman–Crippen MR) is 239 cm³/mol. The number of rotatable bonds is 8. The molecule has 10 aromatic rings. The molecule has 0 bridgehead atoms. The highest BCUT2D eigenvalue weighted by Gasteiger charge is 2.15. The summed E-state index contributed by atoms with van der Waals surface area (Å²) in [6, 6.07) is 75.8. The smallest absolute Gasteiger partial charge is 0.160 e. The van der Waals surface area contributed by atoms with Crippen molar-refractivity contribution in [1.82, 2.24) is 19.9 Å². The van der Waals surface area contributed by atoms with Gasteiger partial charge in [0.1, 0.15) is 0 Å². The zero-order chi connectivity index (χ0) is 38.7. The molecule has 0 N–H and O–H groups in total. The van der Waals surface area contributed by atoms with Gasteiger partial charge in [-0.2, -0.15) is 0 Å². The highest BCUT2D eigenvalue weighted by Crippen LogP contribution is 2.39. The van der Waals surface area contributed by atoms with E-state index in [1.54, 1.807) is 0 Å². The van der Waals surface area contributed by atoms with Crippen molar-refractivity contribution in [3.05, 3.63) is 218 Å². The van der Waals surface area contributed by atoms with Crippen LogP contribution < -0.4 is 0 Å². The van der Waals surface area contributed by atoms with Crippen LogP contribution in [0.2, 0.25) is 0 Å². The summed E-state index contributed by atoms with van der Waals surface area (Å²) in [6.45, 7) is 0. The summed E-state index contributed by atoms with van der Waals surface area (Å²) in [5.74, 6) is 1.41. The van der Waals surface area contributed by atoms with Crippen LogP contribution in [0.3, 0.4) is 0 Å². The molecule has 0 aliphatic carbocycles. The summed E-state index contributed by atoms with van der Waals surface area (Å²) in [6.07, 6.45) is 0. The van der Waals surface area contributed by atoms with Gasteiger partial charge >= 0.3 is 0 Å². The van der Waals surface area contributed by atoms with E-state index in [0.717, 1.165) is 78.4 Å². The van der Waals surface area contributed by atoms with Crippen LogP contribution in [-0.2, 0) is 0 Å². The van der Waals surface area contributed by atoms with Crippen LogP contribution in [-0.4, -0.2) is 19.9 Å². The van der Waals surface area contributed by atoms with Crippen LogP contribution >= 0.6 is 0 Å². The zero-order valence-electron chi connectivity index (χ0n) is 31.6. The van der Waals surface area contributed by atoms with Crippen LogP contribution in [0.25, 0.3) is 101 Å². The minimum atomic E-state index is 0.703. The maximum Gasteiger partial charge on any atom is 0.160 e. The highest BCUT2D eigenvalue weighted by molar-refractivity contribution is 6.05. The summed E-state index contributed by atoms with van der Waals surface area (Å²) in [5.41, 5.74) is 14.2. The number of fused-ring (bicyclic) bond motifs is 1. The molecular weight excluding hydrogens is 705 g/mol. The average Bonchev–Trinajstić information content (AvgIpc) is 3.32. The molecule has 0 saturated carbocycles. The molecule has 0 atom stereocenters. The Morgan fingerprint density at radius 2 is 0.500 bits per heavy atom. The number of hydrogen-bond donors (Lipinski definition) is 0. The van der Waals surface area contributed by atoms with Gasteiger partial charge < -0.3 is 0 Å². The predicted octanol–water partition coefficient (Wildman–Crippen LogP) is 13.8. The van der Waals surface area contributed by atoms with Gasteiger partial charge in [0.05, 0.1) is 22.8 Å². The fraction of sp³-hybridized carbons (Fsp3) is 0. The SMILES string of the molecule is c1ccc(-c2cc(-c3cccc(-c4ccc(-c5cccc(-c6cc(-c7ccccc7)nc(-c7ccccc7)n6)c5)c5ccccc45)c3)nc(-c3ccccc3)n2)cc1. The van der Waals surface area contributed by atoms with Crippen molar-refractivity contribution in [3.63, 3.8) is 0 Å². The van der Waals surface area contributed by atoms with E-state index < -0.39 is 0 Å². The van der Waals surface area contributed by atoms with E-state index in [-0.39, 0.29) is 0 Å². The molecule has 0 radical (unpaired) electrons. The van der Waals surface area contributed by atoms with E-state index in [9.17, 15) is 0 Å². The van der Waals surface area contributed by atoms with E-state index >= 15 is 0 Å². The van der Waals surface area contributed by atoms with Crippen molar-refractivity contribution >= 4 is 10.8 Å². The molecule has 0 spiro atoms. The molecule has 58 heavy (non-hydrogen) atoms. The van der Waals surface area contributed by atoms with Crippen molar-refractivity contribution in [2.45, 2.75) is 0 Å². The zero-order valence-corrected chi connectivity index (χ0v) is 31.6. The first-order chi connectivity index (χ1) is 28.7. The van der Waals surface area contributed by atoms with E-state index in [0.29, 0.717) is 11.6 Å². The van der Waals surface area contributed by atoms with Crippen LogP contribution in [0.1, 0.15) is 0 Å². The lowest BCUT2D eigenvalue weighted by Gasteiger charge is -2.15. The van der Waals surface area contributed by atoms with E-state index in [2.05, 4.69) is 146 Å². The Hall–Kier alpha value is -7.82. The number of benzene rings is 8. The van der Waals surface area contributed by atoms with Gasteiger partial charge in [-0.15, -0.1) is 0 Å². The van der Waals surface area contributed by atoms with Crippen LogP contribution in [0.5, 0.6) is 0 Å². The monoisotopic (exact) mass is 740 g/mol. The lowest BCUT2D eigenvalue weighted by Crippen LogP contribution is -1.96. The first-order valence-electron chi connectivity index (χ1n) is 19.5. The second-order valence-electron chi connectivity index (χ2n) is 14.3. The summed E-state index contributed by atoms with van der Waals surface area (Å²) in [5, 5.41) is 2.36. The van der Waals surface area contributed by atoms with E-state index in [4.69, 9.17) is 19.9 Å². The van der Waals surface area contributed by atoms with Crippen LogP contribution in [0.15, 0.2) is 218 Å². The molecule has 0 aliphatic heterocycles. The Kier molecular flexibility index (Phi) is 9.18. The Bertz CT molecular complexity index is 2710. The Balaban J connectivity index is 1.05. The largest absolute Gasteiger partial charge is 0.228 e. The van der Waals surface area contributed by atoms with Gasteiger partial charge in [-0.05, 0) is 57.3 Å². The topological polar surface area (TPSA) is 51.6 Å². The summed E-state index contributed by atoms with van der Waals surface area (Å²) < 4.78 is 0. The summed E-state index contributed by atoms with van der Waals surface area (Å²) in [7, 11) is 0. The maximum absolute atomic E-state index is 5.11. The second kappa shape index (κ2) is 15.4. The molecule has 0 unspecified atom stereocenters. The summed E-state index contributed by atoms with van der Waals surface area (Å²) >= 11 is 0. The number of nitrogens with zero attached hydrogens (tertiary/aromatic N) is 4. The van der Waals surface area contributed by atoms with Gasteiger partial charge in [-0.25, -0.2) is 19.9 Å². The third-order valence-corrected chi connectivity index (χ3v) is 10.5. The quantitative estimate of drug-likeness (QED) is 0.156. The van der Waals surface area contributed by atoms with Gasteiger partial charge in [-0.3, -0.25) is 0 Å².